The molecule has 5 rings (SSSR count). The number of benzene rings is 2. The fraction of sp³-hybridized carbons (Fsp3) is 0.353. The first-order chi connectivity index (χ1) is 21.9. The Kier molecular flexibility index (Phi) is 10.5. The predicted octanol–water partition coefficient (Wildman–Crippen LogP) is 4.92. The SMILES string of the molecule is CNC1CC[C@@H](c2nc(-c3ccc(CNC(=O)c4cc(F)ccc4OC)cc3)c3c(N)ncc(/C=C/CCOCCC=O)n23)C1. The van der Waals surface area contributed by atoms with Crippen LogP contribution in [0.2, 0.25) is 0 Å². The molecule has 1 aliphatic carbocycles. The molecule has 45 heavy (non-hydrogen) atoms. The van der Waals surface area contributed by atoms with E-state index in [-0.39, 0.29) is 18.0 Å². The first-order valence-electron chi connectivity index (χ1n) is 15.2. The van der Waals surface area contributed by atoms with E-state index in [2.05, 4.69) is 20.0 Å². The Hall–Kier alpha value is -4.61. The first kappa shape index (κ1) is 31.8. The molecule has 1 aliphatic rings. The van der Waals surface area contributed by atoms with Crippen LogP contribution in [0.1, 0.15) is 65.5 Å². The lowest BCUT2D eigenvalue weighted by atomic mass is 10.1. The zero-order chi connectivity index (χ0) is 31.8. The third kappa shape index (κ3) is 7.38. The molecule has 11 heteroatoms. The van der Waals surface area contributed by atoms with Crippen LogP contribution in [0.15, 0.2) is 54.7 Å². The van der Waals surface area contributed by atoms with E-state index < -0.39 is 11.7 Å². The number of nitrogens with two attached hydrogens (primary N) is 1. The average Bonchev–Trinajstić information content (AvgIpc) is 3.70. The zero-order valence-corrected chi connectivity index (χ0v) is 25.6. The Balaban J connectivity index is 1.41. The molecule has 1 fully saturated rings. The van der Waals surface area contributed by atoms with Crippen molar-refractivity contribution in [2.24, 2.45) is 0 Å². The van der Waals surface area contributed by atoms with Crippen molar-refractivity contribution >= 4 is 29.6 Å². The van der Waals surface area contributed by atoms with E-state index in [1.54, 1.807) is 6.20 Å². The maximum absolute atomic E-state index is 13.8. The maximum atomic E-state index is 13.8. The molecule has 1 amide bonds. The number of anilines is 1. The van der Waals surface area contributed by atoms with E-state index in [1.807, 2.05) is 43.5 Å². The second kappa shape index (κ2) is 14.9. The summed E-state index contributed by atoms with van der Waals surface area (Å²) in [5.74, 6) is 0.958. The smallest absolute Gasteiger partial charge is 0.255 e. The number of fused-ring (bicyclic) bond motifs is 1. The highest BCUT2D eigenvalue weighted by Crippen LogP contribution is 2.38. The van der Waals surface area contributed by atoms with Gasteiger partial charge in [-0.05, 0) is 62.6 Å². The molecule has 10 nitrogen and oxygen atoms in total. The van der Waals surface area contributed by atoms with Crippen molar-refractivity contribution in [2.45, 2.75) is 50.6 Å². The summed E-state index contributed by atoms with van der Waals surface area (Å²) in [5.41, 5.74) is 10.8. The topological polar surface area (TPSA) is 133 Å². The van der Waals surface area contributed by atoms with Crippen LogP contribution in [0, 0.1) is 5.82 Å². The molecule has 4 aromatic rings. The average molecular weight is 615 g/mol. The minimum Gasteiger partial charge on any atom is -0.496 e. The minimum atomic E-state index is -0.511. The van der Waals surface area contributed by atoms with Crippen molar-refractivity contribution in [3.63, 3.8) is 0 Å². The number of nitrogen functional groups attached to an aromatic ring is 1. The maximum Gasteiger partial charge on any atom is 0.255 e. The van der Waals surface area contributed by atoms with Crippen molar-refractivity contribution in [1.29, 1.82) is 0 Å². The molecule has 0 spiro atoms. The molecule has 2 heterocycles. The van der Waals surface area contributed by atoms with Crippen LogP contribution in [0.25, 0.3) is 22.9 Å². The lowest BCUT2D eigenvalue weighted by molar-refractivity contribution is -0.108. The number of hydrogen-bond donors (Lipinski definition) is 3. The summed E-state index contributed by atoms with van der Waals surface area (Å²) >= 11 is 0. The zero-order valence-electron chi connectivity index (χ0n) is 25.6. The molecule has 2 atom stereocenters. The van der Waals surface area contributed by atoms with Gasteiger partial charge in [-0.2, -0.15) is 0 Å². The Morgan fingerprint density at radius 3 is 2.69 bits per heavy atom. The Labute approximate surface area is 261 Å². The van der Waals surface area contributed by atoms with Gasteiger partial charge in [0.15, 0.2) is 0 Å². The predicted molar refractivity (Wildman–Crippen MR) is 172 cm³/mol. The highest BCUT2D eigenvalue weighted by Gasteiger charge is 2.30. The third-order valence-electron chi connectivity index (χ3n) is 8.13. The summed E-state index contributed by atoms with van der Waals surface area (Å²) in [6.45, 7) is 1.19. The largest absolute Gasteiger partial charge is 0.496 e. The summed E-state index contributed by atoms with van der Waals surface area (Å²) < 4.78 is 26.6. The fourth-order valence-corrected chi connectivity index (χ4v) is 5.77. The summed E-state index contributed by atoms with van der Waals surface area (Å²) in [6.07, 6.45) is 10.8. The highest BCUT2D eigenvalue weighted by atomic mass is 19.1. The van der Waals surface area contributed by atoms with Crippen LogP contribution in [0.4, 0.5) is 10.2 Å². The van der Waals surface area contributed by atoms with Gasteiger partial charge in [0.2, 0.25) is 0 Å². The summed E-state index contributed by atoms with van der Waals surface area (Å²) in [7, 11) is 3.43. The molecular weight excluding hydrogens is 575 g/mol. The van der Waals surface area contributed by atoms with Crippen molar-refractivity contribution in [3.05, 3.63) is 83.2 Å². The van der Waals surface area contributed by atoms with Gasteiger partial charge in [0.25, 0.3) is 5.91 Å². The van der Waals surface area contributed by atoms with Gasteiger partial charge in [0.05, 0.1) is 37.8 Å². The normalized spacial score (nSPS) is 16.4. The number of nitrogens with one attached hydrogen (secondary N) is 2. The molecule has 1 unspecified atom stereocenters. The lowest BCUT2D eigenvalue weighted by Gasteiger charge is -2.12. The molecule has 236 valence electrons. The monoisotopic (exact) mass is 614 g/mol. The van der Waals surface area contributed by atoms with Crippen molar-refractivity contribution < 1.29 is 23.5 Å². The number of aromatic nitrogens is 3. The standard InChI is InChI=1S/C34H39FN6O4/c1-37-26-13-11-24(18-26)33-40-30(31-32(36)38-21-27(41(31)33)6-3-4-16-45-17-5-15-42)23-9-7-22(8-10-23)20-39-34(43)28-19-25(35)12-14-29(28)44-2/h3,6-10,12,14-15,19,21,24,26,37H,4-5,11,13,16-18,20H2,1-2H3,(H2,36,38)(H,39,43)/b6-3+/t24-,26?/m1/s1. The lowest BCUT2D eigenvalue weighted by Crippen LogP contribution is -2.23. The fourth-order valence-electron chi connectivity index (χ4n) is 5.77. The van der Waals surface area contributed by atoms with Gasteiger partial charge in [-0.15, -0.1) is 0 Å². The second-order valence-electron chi connectivity index (χ2n) is 11.0. The van der Waals surface area contributed by atoms with Crippen molar-refractivity contribution in [3.8, 4) is 17.0 Å². The van der Waals surface area contributed by atoms with E-state index in [9.17, 15) is 14.0 Å². The summed E-state index contributed by atoms with van der Waals surface area (Å²) in [4.78, 5) is 33.0. The molecule has 1 saturated carbocycles. The quantitative estimate of drug-likeness (QED) is 0.135. The number of nitrogens with zero attached hydrogens (tertiary/aromatic N) is 3. The number of imidazole rings is 1. The number of ether oxygens (including phenoxy) is 2. The minimum absolute atomic E-state index is 0.136. The van der Waals surface area contributed by atoms with E-state index in [0.717, 1.165) is 65.5 Å². The van der Waals surface area contributed by atoms with E-state index >= 15 is 0 Å². The number of methoxy groups -OCH3 is 1. The number of amides is 1. The van der Waals surface area contributed by atoms with E-state index in [0.29, 0.717) is 43.7 Å². The number of halogens is 1. The summed E-state index contributed by atoms with van der Waals surface area (Å²) in [6, 6.07) is 12.0. The molecule has 2 aromatic carbocycles. The number of carbonyl (C=O) groups is 2. The van der Waals surface area contributed by atoms with Gasteiger partial charge in [-0.3, -0.25) is 9.20 Å². The van der Waals surface area contributed by atoms with Crippen LogP contribution in [0.3, 0.4) is 0 Å². The van der Waals surface area contributed by atoms with Crippen LogP contribution in [-0.4, -0.2) is 60.0 Å². The number of carbonyl (C=O) groups excluding carboxylic acids is 2. The summed E-state index contributed by atoms with van der Waals surface area (Å²) in [5, 5.41) is 6.24. The van der Waals surface area contributed by atoms with Crippen molar-refractivity contribution in [1.82, 2.24) is 25.0 Å². The number of aldehydes is 1. The number of hydrogen-bond acceptors (Lipinski definition) is 8. The van der Waals surface area contributed by atoms with E-state index in [1.165, 1.54) is 19.2 Å². The Morgan fingerprint density at radius 1 is 1.16 bits per heavy atom. The van der Waals surface area contributed by atoms with E-state index in [4.69, 9.17) is 20.2 Å². The van der Waals surface area contributed by atoms with Crippen molar-refractivity contribution in [2.75, 3.05) is 33.1 Å². The molecule has 0 aliphatic heterocycles. The van der Waals surface area contributed by atoms with Gasteiger partial charge in [-0.25, -0.2) is 14.4 Å². The Bertz CT molecular complexity index is 1670. The Morgan fingerprint density at radius 2 is 1.96 bits per heavy atom. The molecule has 4 N–H and O–H groups in total. The van der Waals surface area contributed by atoms with Gasteiger partial charge in [0, 0.05) is 30.5 Å². The molecule has 0 bridgehead atoms. The molecule has 0 saturated heterocycles. The van der Waals surface area contributed by atoms with Gasteiger partial charge < -0.3 is 30.6 Å². The second-order valence-corrected chi connectivity index (χ2v) is 11.0. The molecule has 2 aromatic heterocycles. The van der Waals surface area contributed by atoms with Gasteiger partial charge >= 0.3 is 0 Å². The van der Waals surface area contributed by atoms with Crippen LogP contribution >= 0.6 is 0 Å². The van der Waals surface area contributed by atoms with Crippen LogP contribution in [-0.2, 0) is 16.1 Å². The third-order valence-corrected chi connectivity index (χ3v) is 8.13. The van der Waals surface area contributed by atoms with Crippen LogP contribution < -0.4 is 21.1 Å². The van der Waals surface area contributed by atoms with Gasteiger partial charge in [0.1, 0.15) is 40.7 Å². The molecular formula is C34H39FN6O4. The molecule has 0 radical (unpaired) electrons. The highest BCUT2D eigenvalue weighted by molar-refractivity contribution is 5.97. The van der Waals surface area contributed by atoms with Gasteiger partial charge in [-0.1, -0.05) is 30.3 Å². The first-order valence-corrected chi connectivity index (χ1v) is 15.2. The van der Waals surface area contributed by atoms with Crippen LogP contribution in [0.5, 0.6) is 5.75 Å². The number of rotatable bonds is 14.